The molecule has 1 aromatic heterocycles. The maximum atomic E-state index is 12.0. The van der Waals surface area contributed by atoms with E-state index in [1.54, 1.807) is 13.8 Å². The van der Waals surface area contributed by atoms with E-state index in [-0.39, 0.29) is 4.21 Å². The van der Waals surface area contributed by atoms with E-state index in [1.807, 2.05) is 6.07 Å². The lowest BCUT2D eigenvalue weighted by molar-refractivity contribution is 0.112. The van der Waals surface area contributed by atoms with E-state index in [0.29, 0.717) is 4.88 Å². The monoisotopic (exact) mass is 274 g/mol. The average Bonchev–Trinajstić information content (AvgIpc) is 2.64. The fraction of sp³-hybridized carbons (Fsp3) is 0.500. The summed E-state index contributed by atoms with van der Waals surface area (Å²) >= 11 is 0.899. The predicted octanol–water partition coefficient (Wildman–Crippen LogP) is 1.06. The van der Waals surface area contributed by atoms with Crippen molar-refractivity contribution in [1.29, 1.82) is 5.26 Å². The second-order valence-corrected chi connectivity index (χ2v) is 7.23. The molecule has 0 bridgehead atoms. The van der Waals surface area contributed by atoms with Crippen LogP contribution >= 0.6 is 11.3 Å². The number of sulfonamides is 1. The average molecular weight is 274 g/mol. The molecule has 5 nitrogen and oxygen atoms in total. The third-order valence-electron chi connectivity index (χ3n) is 2.40. The van der Waals surface area contributed by atoms with Crippen molar-refractivity contribution in [3.8, 4) is 6.07 Å². The lowest BCUT2D eigenvalue weighted by atomic mass is 10.0. The Labute approximate surface area is 105 Å². The Kier molecular flexibility index (Phi) is 3.94. The van der Waals surface area contributed by atoms with Crippen LogP contribution in [0.3, 0.4) is 0 Å². The van der Waals surface area contributed by atoms with Crippen molar-refractivity contribution in [3.63, 3.8) is 0 Å². The van der Waals surface area contributed by atoms with Crippen molar-refractivity contribution < 1.29 is 13.5 Å². The first-order chi connectivity index (χ1) is 7.69. The van der Waals surface area contributed by atoms with E-state index >= 15 is 0 Å². The molecule has 0 amide bonds. The number of nitrogens with one attached hydrogen (secondary N) is 1. The summed E-state index contributed by atoms with van der Waals surface area (Å²) in [5.74, 6) is 0. The van der Waals surface area contributed by atoms with Crippen LogP contribution in [0.25, 0.3) is 0 Å². The molecule has 1 unspecified atom stereocenters. The van der Waals surface area contributed by atoms with Gasteiger partial charge in [0.25, 0.3) is 10.0 Å². The fourth-order valence-electron chi connectivity index (χ4n) is 1.01. The molecule has 0 radical (unpaired) electrons. The lowest BCUT2D eigenvalue weighted by Gasteiger charge is -2.28. The van der Waals surface area contributed by atoms with Crippen molar-refractivity contribution in [1.82, 2.24) is 4.72 Å². The SMILES string of the molecule is CC(O)C(C)(C)NS(=O)(=O)c1ccc(C#N)s1. The zero-order valence-electron chi connectivity index (χ0n) is 9.76. The number of hydrogen-bond acceptors (Lipinski definition) is 5. The van der Waals surface area contributed by atoms with E-state index in [4.69, 9.17) is 5.26 Å². The van der Waals surface area contributed by atoms with Gasteiger partial charge in [0.1, 0.15) is 15.2 Å². The Morgan fingerprint density at radius 1 is 1.53 bits per heavy atom. The number of hydrogen-bond donors (Lipinski definition) is 2. The summed E-state index contributed by atoms with van der Waals surface area (Å²) in [7, 11) is -3.69. The smallest absolute Gasteiger partial charge is 0.250 e. The standard InChI is InChI=1S/C10H14N2O3S2/c1-7(13)10(2,3)12-17(14,15)9-5-4-8(6-11)16-9/h4-5,7,12-13H,1-3H3. The number of nitrogens with zero attached hydrogens (tertiary/aromatic N) is 1. The molecule has 0 saturated carbocycles. The van der Waals surface area contributed by atoms with Crippen LogP contribution in [0.4, 0.5) is 0 Å². The van der Waals surface area contributed by atoms with E-state index in [0.717, 1.165) is 11.3 Å². The molecule has 0 fully saturated rings. The largest absolute Gasteiger partial charge is 0.391 e. The van der Waals surface area contributed by atoms with Gasteiger partial charge in [-0.25, -0.2) is 13.1 Å². The van der Waals surface area contributed by atoms with Crippen LogP contribution in [0.1, 0.15) is 25.6 Å². The minimum absolute atomic E-state index is 0.0720. The number of nitriles is 1. The van der Waals surface area contributed by atoms with Crippen molar-refractivity contribution in [2.45, 2.75) is 36.6 Å². The molecule has 1 rings (SSSR count). The van der Waals surface area contributed by atoms with Crippen molar-refractivity contribution in [2.24, 2.45) is 0 Å². The third-order valence-corrected chi connectivity index (χ3v) is 5.55. The molecule has 0 aromatic carbocycles. The Morgan fingerprint density at radius 3 is 2.53 bits per heavy atom. The third kappa shape index (κ3) is 3.26. The molecule has 0 spiro atoms. The fourth-order valence-corrected chi connectivity index (χ4v) is 3.59. The molecule has 1 atom stereocenters. The highest BCUT2D eigenvalue weighted by Gasteiger charge is 2.31. The van der Waals surface area contributed by atoms with Gasteiger partial charge in [0, 0.05) is 0 Å². The van der Waals surface area contributed by atoms with Crippen LogP contribution in [0.15, 0.2) is 16.3 Å². The molecule has 7 heteroatoms. The summed E-state index contributed by atoms with van der Waals surface area (Å²) in [6, 6.07) is 4.71. The summed E-state index contributed by atoms with van der Waals surface area (Å²) < 4.78 is 26.4. The molecule has 0 aliphatic heterocycles. The molecule has 0 saturated heterocycles. The molecule has 94 valence electrons. The van der Waals surface area contributed by atoms with Gasteiger partial charge in [-0.15, -0.1) is 11.3 Å². The Morgan fingerprint density at radius 2 is 2.12 bits per heavy atom. The van der Waals surface area contributed by atoms with Gasteiger partial charge >= 0.3 is 0 Å². The Balaban J connectivity index is 3.02. The van der Waals surface area contributed by atoms with Gasteiger partial charge in [0.2, 0.25) is 0 Å². The van der Waals surface area contributed by atoms with Crippen LogP contribution < -0.4 is 4.72 Å². The molecule has 1 aromatic rings. The molecule has 17 heavy (non-hydrogen) atoms. The topological polar surface area (TPSA) is 90.2 Å². The van der Waals surface area contributed by atoms with Crippen molar-refractivity contribution in [3.05, 3.63) is 17.0 Å². The second kappa shape index (κ2) is 4.74. The summed E-state index contributed by atoms with van der Waals surface area (Å²) in [5.41, 5.74) is -0.963. The van der Waals surface area contributed by atoms with E-state index < -0.39 is 21.7 Å². The molecule has 0 aliphatic rings. The summed E-state index contributed by atoms with van der Waals surface area (Å²) in [6.45, 7) is 4.69. The van der Waals surface area contributed by atoms with Crippen molar-refractivity contribution in [2.75, 3.05) is 0 Å². The van der Waals surface area contributed by atoms with Crippen LogP contribution in [-0.2, 0) is 10.0 Å². The normalized spacial score (nSPS) is 14.3. The molecule has 1 heterocycles. The van der Waals surface area contributed by atoms with Gasteiger partial charge in [0.15, 0.2) is 0 Å². The predicted molar refractivity (Wildman–Crippen MR) is 65.1 cm³/mol. The molecular weight excluding hydrogens is 260 g/mol. The van der Waals surface area contributed by atoms with Gasteiger partial charge in [-0.3, -0.25) is 0 Å². The van der Waals surface area contributed by atoms with Gasteiger partial charge < -0.3 is 5.11 Å². The minimum atomic E-state index is -3.69. The maximum Gasteiger partial charge on any atom is 0.250 e. The molecule has 2 N–H and O–H groups in total. The highest BCUT2D eigenvalue weighted by Crippen LogP contribution is 2.23. The summed E-state index contributed by atoms with van der Waals surface area (Å²) in [4.78, 5) is 0.334. The zero-order chi connectivity index (χ0) is 13.3. The number of rotatable bonds is 4. The first kappa shape index (κ1) is 14.1. The van der Waals surface area contributed by atoms with E-state index in [9.17, 15) is 13.5 Å². The number of aliphatic hydroxyl groups excluding tert-OH is 1. The first-order valence-electron chi connectivity index (χ1n) is 4.91. The van der Waals surface area contributed by atoms with Crippen LogP contribution in [0, 0.1) is 11.3 Å². The van der Waals surface area contributed by atoms with Gasteiger partial charge in [-0.1, -0.05) is 0 Å². The number of thiophene rings is 1. The van der Waals surface area contributed by atoms with E-state index in [2.05, 4.69) is 4.72 Å². The summed E-state index contributed by atoms with van der Waals surface area (Å²) in [5, 5.41) is 18.1. The molecular formula is C10H14N2O3S2. The Hall–Kier alpha value is -0.940. The first-order valence-corrected chi connectivity index (χ1v) is 7.21. The van der Waals surface area contributed by atoms with Crippen molar-refractivity contribution >= 4 is 21.4 Å². The summed E-state index contributed by atoms with van der Waals surface area (Å²) in [6.07, 6.45) is -0.826. The highest BCUT2D eigenvalue weighted by atomic mass is 32.2. The second-order valence-electron chi connectivity index (χ2n) is 4.23. The lowest BCUT2D eigenvalue weighted by Crippen LogP contribution is -2.50. The Bertz CT molecular complexity index is 538. The van der Waals surface area contributed by atoms with Crippen LogP contribution in [-0.4, -0.2) is 25.2 Å². The minimum Gasteiger partial charge on any atom is -0.391 e. The maximum absolute atomic E-state index is 12.0. The van der Waals surface area contributed by atoms with Crippen LogP contribution in [0.5, 0.6) is 0 Å². The van der Waals surface area contributed by atoms with Gasteiger partial charge in [0.05, 0.1) is 11.6 Å². The number of aliphatic hydroxyl groups is 1. The van der Waals surface area contributed by atoms with Gasteiger partial charge in [-0.2, -0.15) is 5.26 Å². The zero-order valence-corrected chi connectivity index (χ0v) is 11.4. The van der Waals surface area contributed by atoms with Gasteiger partial charge in [-0.05, 0) is 32.9 Å². The van der Waals surface area contributed by atoms with E-state index in [1.165, 1.54) is 19.1 Å². The molecule has 0 aliphatic carbocycles. The van der Waals surface area contributed by atoms with Crippen LogP contribution in [0.2, 0.25) is 0 Å². The highest BCUT2D eigenvalue weighted by molar-refractivity contribution is 7.91. The quantitative estimate of drug-likeness (QED) is 0.859.